The van der Waals surface area contributed by atoms with Crippen LogP contribution in [0.15, 0.2) is 18.5 Å². The molecular formula is C20H29N5O. The summed E-state index contributed by atoms with van der Waals surface area (Å²) in [5.41, 5.74) is 1.79. The van der Waals surface area contributed by atoms with Gasteiger partial charge in [0.15, 0.2) is 5.82 Å². The number of carbonyl (C=O) groups is 1. The van der Waals surface area contributed by atoms with E-state index < -0.39 is 0 Å². The van der Waals surface area contributed by atoms with Gasteiger partial charge in [-0.25, -0.2) is 15.0 Å². The van der Waals surface area contributed by atoms with Crippen LogP contribution in [-0.4, -0.2) is 43.4 Å². The van der Waals surface area contributed by atoms with E-state index in [9.17, 15) is 4.79 Å². The minimum atomic E-state index is 0.135. The van der Waals surface area contributed by atoms with E-state index in [1.165, 1.54) is 0 Å². The van der Waals surface area contributed by atoms with Gasteiger partial charge < -0.3 is 9.47 Å². The second-order valence-corrected chi connectivity index (χ2v) is 7.25. The molecule has 1 amide bonds. The Morgan fingerprint density at radius 2 is 2.08 bits per heavy atom. The molecule has 26 heavy (non-hydrogen) atoms. The van der Waals surface area contributed by atoms with Crippen molar-refractivity contribution in [1.29, 1.82) is 0 Å². The molecular weight excluding hydrogens is 326 g/mol. The Kier molecular flexibility index (Phi) is 5.69. The molecule has 0 unspecified atom stereocenters. The van der Waals surface area contributed by atoms with Crippen LogP contribution in [0, 0.1) is 12.8 Å². The zero-order chi connectivity index (χ0) is 18.7. The molecule has 2 aromatic heterocycles. The first-order chi connectivity index (χ1) is 12.5. The maximum atomic E-state index is 12.8. The van der Waals surface area contributed by atoms with Crippen LogP contribution in [0.1, 0.15) is 57.0 Å². The number of amides is 1. The first-order valence-electron chi connectivity index (χ1n) is 9.65. The van der Waals surface area contributed by atoms with Crippen molar-refractivity contribution in [2.75, 3.05) is 13.1 Å². The Morgan fingerprint density at radius 3 is 2.73 bits per heavy atom. The molecule has 0 bridgehead atoms. The average Bonchev–Trinajstić information content (AvgIpc) is 3.08. The van der Waals surface area contributed by atoms with Crippen LogP contribution >= 0.6 is 0 Å². The molecule has 6 heteroatoms. The van der Waals surface area contributed by atoms with E-state index in [4.69, 9.17) is 4.98 Å². The summed E-state index contributed by atoms with van der Waals surface area (Å²) < 4.78 is 1.97. The standard InChI is InChI=1S/C20H29N5O/c1-5-15(6-2)20(26)25-10-7-8-16(13-25)18-22-14(3)12-17(23-18)19-21-9-11-24(19)4/h9,11-12,15-16H,5-8,10,13H2,1-4H3/t16-/m1/s1. The molecule has 1 aliphatic rings. The Morgan fingerprint density at radius 1 is 1.31 bits per heavy atom. The zero-order valence-electron chi connectivity index (χ0n) is 16.3. The lowest BCUT2D eigenvalue weighted by Gasteiger charge is -2.34. The highest BCUT2D eigenvalue weighted by atomic mass is 16.2. The number of hydrogen-bond donors (Lipinski definition) is 0. The predicted octanol–water partition coefficient (Wildman–Crippen LogP) is 3.33. The lowest BCUT2D eigenvalue weighted by molar-refractivity contribution is -0.137. The maximum absolute atomic E-state index is 12.8. The molecule has 1 saturated heterocycles. The van der Waals surface area contributed by atoms with E-state index in [0.29, 0.717) is 0 Å². The Balaban J connectivity index is 1.83. The molecule has 0 N–H and O–H groups in total. The zero-order valence-corrected chi connectivity index (χ0v) is 16.3. The van der Waals surface area contributed by atoms with Crippen LogP contribution in [0.3, 0.4) is 0 Å². The molecule has 2 aromatic rings. The Bertz CT molecular complexity index is 765. The smallest absolute Gasteiger partial charge is 0.225 e. The summed E-state index contributed by atoms with van der Waals surface area (Å²) in [4.78, 5) is 28.7. The summed E-state index contributed by atoms with van der Waals surface area (Å²) >= 11 is 0. The van der Waals surface area contributed by atoms with Gasteiger partial charge in [0.25, 0.3) is 0 Å². The minimum absolute atomic E-state index is 0.135. The second kappa shape index (κ2) is 7.98. The fraction of sp³-hybridized carbons (Fsp3) is 0.600. The van der Waals surface area contributed by atoms with Gasteiger partial charge in [-0.1, -0.05) is 13.8 Å². The van der Waals surface area contributed by atoms with Crippen LogP contribution in [0.5, 0.6) is 0 Å². The first-order valence-corrected chi connectivity index (χ1v) is 9.65. The van der Waals surface area contributed by atoms with Crippen LogP contribution in [0.4, 0.5) is 0 Å². The molecule has 6 nitrogen and oxygen atoms in total. The highest BCUT2D eigenvalue weighted by molar-refractivity contribution is 5.78. The van der Waals surface area contributed by atoms with Crippen LogP contribution in [0.2, 0.25) is 0 Å². The van der Waals surface area contributed by atoms with Crippen molar-refractivity contribution >= 4 is 5.91 Å². The highest BCUT2D eigenvalue weighted by Crippen LogP contribution is 2.28. The number of rotatable bonds is 5. The van der Waals surface area contributed by atoms with Gasteiger partial charge in [0.2, 0.25) is 5.91 Å². The number of carbonyl (C=O) groups excluding carboxylic acids is 1. The van der Waals surface area contributed by atoms with Crippen molar-refractivity contribution in [3.63, 3.8) is 0 Å². The summed E-state index contributed by atoms with van der Waals surface area (Å²) in [6, 6.07) is 1.97. The number of aromatic nitrogens is 4. The second-order valence-electron chi connectivity index (χ2n) is 7.25. The average molecular weight is 355 g/mol. The fourth-order valence-electron chi connectivity index (χ4n) is 3.79. The van der Waals surface area contributed by atoms with Crippen LogP contribution in [-0.2, 0) is 11.8 Å². The van der Waals surface area contributed by atoms with Gasteiger partial charge in [-0.3, -0.25) is 4.79 Å². The van der Waals surface area contributed by atoms with Crippen molar-refractivity contribution in [1.82, 2.24) is 24.4 Å². The molecule has 1 fully saturated rings. The van der Waals surface area contributed by atoms with Gasteiger partial charge in [-0.2, -0.15) is 0 Å². The number of piperidine rings is 1. The molecule has 1 atom stereocenters. The Hall–Kier alpha value is -2.24. The molecule has 140 valence electrons. The lowest BCUT2D eigenvalue weighted by atomic mass is 9.94. The van der Waals surface area contributed by atoms with Gasteiger partial charge in [-0.05, 0) is 38.7 Å². The van der Waals surface area contributed by atoms with Gasteiger partial charge >= 0.3 is 0 Å². The number of imidazole rings is 1. The third-order valence-corrected chi connectivity index (χ3v) is 5.35. The molecule has 1 aliphatic heterocycles. The minimum Gasteiger partial charge on any atom is -0.342 e. The third kappa shape index (κ3) is 3.79. The van der Waals surface area contributed by atoms with Gasteiger partial charge in [0.05, 0.1) is 0 Å². The molecule has 0 radical (unpaired) electrons. The van der Waals surface area contributed by atoms with Crippen molar-refractivity contribution in [3.05, 3.63) is 30.0 Å². The number of nitrogens with zero attached hydrogens (tertiary/aromatic N) is 5. The van der Waals surface area contributed by atoms with E-state index in [2.05, 4.69) is 23.8 Å². The van der Waals surface area contributed by atoms with E-state index in [1.807, 2.05) is 35.7 Å². The third-order valence-electron chi connectivity index (χ3n) is 5.35. The first kappa shape index (κ1) is 18.5. The highest BCUT2D eigenvalue weighted by Gasteiger charge is 2.29. The van der Waals surface area contributed by atoms with E-state index in [0.717, 1.165) is 61.8 Å². The molecule has 0 aromatic carbocycles. The van der Waals surface area contributed by atoms with E-state index >= 15 is 0 Å². The van der Waals surface area contributed by atoms with Crippen molar-refractivity contribution < 1.29 is 4.79 Å². The topological polar surface area (TPSA) is 63.9 Å². The number of likely N-dealkylation sites (tertiary alicyclic amines) is 1. The quantitative estimate of drug-likeness (QED) is 0.825. The number of hydrogen-bond acceptors (Lipinski definition) is 4. The van der Waals surface area contributed by atoms with E-state index in [1.54, 1.807) is 6.20 Å². The molecule has 3 heterocycles. The van der Waals surface area contributed by atoms with Crippen molar-refractivity contribution in [2.24, 2.45) is 13.0 Å². The SMILES string of the molecule is CCC(CC)C(=O)N1CCC[C@@H](c2nc(C)cc(-c3nccn3C)n2)C1. The van der Waals surface area contributed by atoms with Crippen molar-refractivity contribution in [3.8, 4) is 11.5 Å². The summed E-state index contributed by atoms with van der Waals surface area (Å²) in [6.45, 7) is 7.75. The Labute approximate surface area is 155 Å². The summed E-state index contributed by atoms with van der Waals surface area (Å²) in [5.74, 6) is 2.30. The molecule has 0 aliphatic carbocycles. The van der Waals surface area contributed by atoms with E-state index in [-0.39, 0.29) is 17.7 Å². The summed E-state index contributed by atoms with van der Waals surface area (Å²) in [5, 5.41) is 0. The number of aryl methyl sites for hydroxylation is 2. The predicted molar refractivity (Wildman–Crippen MR) is 102 cm³/mol. The van der Waals surface area contributed by atoms with Crippen LogP contribution in [0.25, 0.3) is 11.5 Å². The largest absolute Gasteiger partial charge is 0.342 e. The molecule has 0 saturated carbocycles. The molecule has 0 spiro atoms. The normalized spacial score (nSPS) is 17.7. The van der Waals surface area contributed by atoms with Gasteiger partial charge in [0, 0.05) is 50.1 Å². The molecule has 3 rings (SSSR count). The summed E-state index contributed by atoms with van der Waals surface area (Å²) in [7, 11) is 1.97. The fourth-order valence-corrected chi connectivity index (χ4v) is 3.79. The summed E-state index contributed by atoms with van der Waals surface area (Å²) in [6.07, 6.45) is 7.54. The van der Waals surface area contributed by atoms with Crippen LogP contribution < -0.4 is 0 Å². The van der Waals surface area contributed by atoms with Crippen molar-refractivity contribution in [2.45, 2.75) is 52.4 Å². The lowest BCUT2D eigenvalue weighted by Crippen LogP contribution is -2.42. The van der Waals surface area contributed by atoms with Gasteiger partial charge in [-0.15, -0.1) is 0 Å². The maximum Gasteiger partial charge on any atom is 0.225 e. The van der Waals surface area contributed by atoms with Gasteiger partial charge in [0.1, 0.15) is 11.5 Å². The monoisotopic (exact) mass is 355 g/mol.